The third-order valence-corrected chi connectivity index (χ3v) is 6.94. The van der Waals surface area contributed by atoms with Crippen LogP contribution in [0.5, 0.6) is 0 Å². The molecule has 1 aliphatic rings. The normalized spacial score (nSPS) is 16.1. The number of hydrogen-bond acceptors (Lipinski definition) is 6. The summed E-state index contributed by atoms with van der Waals surface area (Å²) in [5.74, 6) is 0.387. The molecule has 38 heavy (non-hydrogen) atoms. The number of nitrogens with one attached hydrogen (secondary N) is 1. The van der Waals surface area contributed by atoms with Gasteiger partial charge in [-0.25, -0.2) is 4.68 Å². The number of para-hydroxylation sites is 1. The van der Waals surface area contributed by atoms with Gasteiger partial charge in [0.2, 0.25) is 11.8 Å². The Morgan fingerprint density at radius 1 is 1.08 bits per heavy atom. The number of carbonyl (C=O) groups excluding carboxylic acids is 2. The first-order chi connectivity index (χ1) is 18.5. The monoisotopic (exact) mass is 515 g/mol. The molecule has 2 aromatic carbocycles. The minimum atomic E-state index is -0.870. The highest BCUT2D eigenvalue weighted by Crippen LogP contribution is 2.27. The van der Waals surface area contributed by atoms with Crippen molar-refractivity contribution in [2.24, 2.45) is 0 Å². The molecule has 0 spiro atoms. The van der Waals surface area contributed by atoms with Crippen molar-refractivity contribution < 1.29 is 18.7 Å². The van der Waals surface area contributed by atoms with Crippen LogP contribution in [0.25, 0.3) is 11.0 Å². The zero-order valence-electron chi connectivity index (χ0n) is 21.7. The SMILES string of the molecule is CC(C)c1ccc([C@H](C(=O)NC[C@H]2CCCO2)N(Cc2ccco2)C(=O)Cn2nnc3ccccc32)cc1. The van der Waals surface area contributed by atoms with Gasteiger partial charge in [-0.2, -0.15) is 0 Å². The molecule has 0 aliphatic carbocycles. The second-order valence-corrected chi connectivity index (χ2v) is 9.94. The lowest BCUT2D eigenvalue weighted by Gasteiger charge is -2.31. The van der Waals surface area contributed by atoms with Crippen LogP contribution in [-0.4, -0.2) is 51.0 Å². The maximum atomic E-state index is 13.9. The van der Waals surface area contributed by atoms with Crippen LogP contribution < -0.4 is 5.32 Å². The molecule has 198 valence electrons. The molecule has 0 radical (unpaired) electrons. The summed E-state index contributed by atoms with van der Waals surface area (Å²) < 4.78 is 12.9. The minimum absolute atomic E-state index is 0.0151. The van der Waals surface area contributed by atoms with Gasteiger partial charge in [0.05, 0.1) is 24.4 Å². The average molecular weight is 516 g/mol. The lowest BCUT2D eigenvalue weighted by molar-refractivity contribution is -0.142. The molecule has 5 rings (SSSR count). The van der Waals surface area contributed by atoms with Crippen molar-refractivity contribution in [1.82, 2.24) is 25.2 Å². The molecule has 9 nitrogen and oxygen atoms in total. The molecule has 1 fully saturated rings. The zero-order valence-corrected chi connectivity index (χ0v) is 21.7. The quantitative estimate of drug-likeness (QED) is 0.339. The van der Waals surface area contributed by atoms with Crippen molar-refractivity contribution in [2.75, 3.05) is 13.2 Å². The summed E-state index contributed by atoms with van der Waals surface area (Å²) in [4.78, 5) is 29.3. The Labute approximate surface area is 221 Å². The highest BCUT2D eigenvalue weighted by atomic mass is 16.5. The third kappa shape index (κ3) is 5.78. The molecule has 0 unspecified atom stereocenters. The van der Waals surface area contributed by atoms with E-state index in [-0.39, 0.29) is 31.0 Å². The van der Waals surface area contributed by atoms with Crippen LogP contribution in [0.15, 0.2) is 71.3 Å². The number of benzene rings is 2. The molecule has 1 saturated heterocycles. The van der Waals surface area contributed by atoms with Crippen LogP contribution in [0.1, 0.15) is 55.5 Å². The summed E-state index contributed by atoms with van der Waals surface area (Å²) in [6.07, 6.45) is 3.43. The maximum Gasteiger partial charge on any atom is 0.247 e. The number of fused-ring (bicyclic) bond motifs is 1. The second kappa shape index (κ2) is 11.6. The van der Waals surface area contributed by atoms with Crippen molar-refractivity contribution in [3.63, 3.8) is 0 Å². The fraction of sp³-hybridized carbons (Fsp3) is 0.379. The fourth-order valence-electron chi connectivity index (χ4n) is 4.80. The van der Waals surface area contributed by atoms with E-state index in [0.717, 1.165) is 29.5 Å². The van der Waals surface area contributed by atoms with Gasteiger partial charge in [0.1, 0.15) is 23.9 Å². The van der Waals surface area contributed by atoms with E-state index < -0.39 is 6.04 Å². The van der Waals surface area contributed by atoms with Gasteiger partial charge >= 0.3 is 0 Å². The van der Waals surface area contributed by atoms with Crippen molar-refractivity contribution in [3.8, 4) is 0 Å². The molecule has 1 N–H and O–H groups in total. The molecule has 9 heteroatoms. The summed E-state index contributed by atoms with van der Waals surface area (Å²) in [6.45, 7) is 5.40. The topological polar surface area (TPSA) is 102 Å². The minimum Gasteiger partial charge on any atom is -0.467 e. The number of rotatable bonds is 10. The Bertz CT molecular complexity index is 1360. The van der Waals surface area contributed by atoms with Gasteiger partial charge in [-0.05, 0) is 54.2 Å². The maximum absolute atomic E-state index is 13.9. The molecule has 0 saturated carbocycles. The Balaban J connectivity index is 1.48. The van der Waals surface area contributed by atoms with Crippen molar-refractivity contribution >= 4 is 22.8 Å². The largest absolute Gasteiger partial charge is 0.467 e. The number of hydrogen-bond donors (Lipinski definition) is 1. The Hall–Kier alpha value is -3.98. The van der Waals surface area contributed by atoms with Gasteiger partial charge in [0, 0.05) is 13.2 Å². The van der Waals surface area contributed by atoms with Crippen molar-refractivity contribution in [3.05, 3.63) is 83.8 Å². The van der Waals surface area contributed by atoms with E-state index in [1.807, 2.05) is 48.5 Å². The summed E-state index contributed by atoms with van der Waals surface area (Å²) in [5, 5.41) is 11.4. The van der Waals surface area contributed by atoms with Crippen LogP contribution >= 0.6 is 0 Å². The van der Waals surface area contributed by atoms with E-state index in [1.54, 1.807) is 28.0 Å². The molecule has 0 bridgehead atoms. The second-order valence-electron chi connectivity index (χ2n) is 9.94. The summed E-state index contributed by atoms with van der Waals surface area (Å²) in [6, 6.07) is 18.1. The predicted molar refractivity (Wildman–Crippen MR) is 142 cm³/mol. The summed E-state index contributed by atoms with van der Waals surface area (Å²) >= 11 is 0. The van der Waals surface area contributed by atoms with Crippen molar-refractivity contribution in [2.45, 2.75) is 57.8 Å². The lowest BCUT2D eigenvalue weighted by Crippen LogP contribution is -2.46. The summed E-state index contributed by atoms with van der Waals surface area (Å²) in [5.41, 5.74) is 3.33. The average Bonchev–Trinajstić information content (AvgIpc) is 3.71. The molecule has 2 atom stereocenters. The molecule has 2 aromatic heterocycles. The van der Waals surface area contributed by atoms with Gasteiger partial charge in [-0.3, -0.25) is 9.59 Å². The molecule has 1 aliphatic heterocycles. The Kier molecular flexibility index (Phi) is 7.83. The smallest absolute Gasteiger partial charge is 0.247 e. The van der Waals surface area contributed by atoms with Crippen LogP contribution in [-0.2, 0) is 27.4 Å². The van der Waals surface area contributed by atoms with E-state index in [4.69, 9.17) is 9.15 Å². The fourth-order valence-corrected chi connectivity index (χ4v) is 4.80. The lowest BCUT2D eigenvalue weighted by atomic mass is 9.97. The van der Waals surface area contributed by atoms with E-state index >= 15 is 0 Å². The number of aromatic nitrogens is 3. The first kappa shape index (κ1) is 25.7. The van der Waals surface area contributed by atoms with Gasteiger partial charge in [0.25, 0.3) is 0 Å². The number of ether oxygens (including phenoxy) is 1. The van der Waals surface area contributed by atoms with Gasteiger partial charge in [-0.1, -0.05) is 55.5 Å². The van der Waals surface area contributed by atoms with Gasteiger partial charge in [0.15, 0.2) is 0 Å². The first-order valence-corrected chi connectivity index (χ1v) is 13.1. The predicted octanol–water partition coefficient (Wildman–Crippen LogP) is 4.21. The molecular formula is C29H33N5O4. The Morgan fingerprint density at radius 2 is 1.87 bits per heavy atom. The summed E-state index contributed by atoms with van der Waals surface area (Å²) in [7, 11) is 0. The Morgan fingerprint density at radius 3 is 2.58 bits per heavy atom. The van der Waals surface area contributed by atoms with E-state index in [1.165, 1.54) is 0 Å². The van der Waals surface area contributed by atoms with Crippen LogP contribution in [0, 0.1) is 0 Å². The van der Waals surface area contributed by atoms with Crippen LogP contribution in [0.4, 0.5) is 0 Å². The number of amides is 2. The van der Waals surface area contributed by atoms with Crippen molar-refractivity contribution in [1.29, 1.82) is 0 Å². The molecule has 2 amide bonds. The van der Waals surface area contributed by atoms with Gasteiger partial charge < -0.3 is 19.4 Å². The van der Waals surface area contributed by atoms with E-state index in [0.29, 0.717) is 30.3 Å². The highest BCUT2D eigenvalue weighted by molar-refractivity contribution is 5.89. The standard InChI is InChI=1S/C29H33N5O4/c1-20(2)21-11-13-22(14-12-21)28(29(36)30-17-23-7-5-15-37-23)33(18-24-8-6-16-38-24)27(35)19-34-26-10-4-3-9-25(26)31-32-34/h3-4,6,8-14,16,20,23,28H,5,7,15,17-19H2,1-2H3,(H,30,36)/t23-,28-/m1/s1. The number of carbonyl (C=O) groups is 2. The molecular weight excluding hydrogens is 482 g/mol. The molecule has 3 heterocycles. The number of nitrogens with zero attached hydrogens (tertiary/aromatic N) is 4. The molecule has 4 aromatic rings. The third-order valence-electron chi connectivity index (χ3n) is 6.94. The van der Waals surface area contributed by atoms with Crippen LogP contribution in [0.2, 0.25) is 0 Å². The van der Waals surface area contributed by atoms with E-state index in [2.05, 4.69) is 29.5 Å². The number of furan rings is 1. The van der Waals surface area contributed by atoms with E-state index in [9.17, 15) is 9.59 Å². The highest BCUT2D eigenvalue weighted by Gasteiger charge is 2.33. The zero-order chi connectivity index (χ0) is 26.5. The first-order valence-electron chi connectivity index (χ1n) is 13.1. The van der Waals surface area contributed by atoms with Gasteiger partial charge in [-0.15, -0.1) is 5.10 Å². The van der Waals surface area contributed by atoms with Crippen LogP contribution in [0.3, 0.4) is 0 Å².